The molecule has 0 saturated carbocycles. The van der Waals surface area contributed by atoms with E-state index in [1.807, 2.05) is 48.7 Å². The van der Waals surface area contributed by atoms with Crippen LogP contribution in [0.4, 0.5) is 0 Å². The highest BCUT2D eigenvalue weighted by atomic mass is 16.5. The standard InChI is InChI=1S/C20H28N4O2/c1-4-24-18(25)12-16(19(24)20-22-9-10-23(20)3)14-21-13-15-7-6-8-17(11-15)26-5-2/h6-11,16,19,21H,4-5,12-14H2,1-3H3/t16-,19+/m0/s1. The van der Waals surface area contributed by atoms with Crippen molar-refractivity contribution in [2.45, 2.75) is 32.9 Å². The van der Waals surface area contributed by atoms with Gasteiger partial charge in [-0.3, -0.25) is 4.79 Å². The van der Waals surface area contributed by atoms with Crippen LogP contribution in [0.5, 0.6) is 5.75 Å². The van der Waals surface area contributed by atoms with Gasteiger partial charge in [0.25, 0.3) is 0 Å². The zero-order valence-electron chi connectivity index (χ0n) is 15.8. The lowest BCUT2D eigenvalue weighted by atomic mass is 9.99. The topological polar surface area (TPSA) is 59.4 Å². The summed E-state index contributed by atoms with van der Waals surface area (Å²) in [6.45, 7) is 6.92. The zero-order chi connectivity index (χ0) is 18.5. The maximum atomic E-state index is 12.4. The van der Waals surface area contributed by atoms with Crippen LogP contribution in [-0.4, -0.2) is 40.1 Å². The van der Waals surface area contributed by atoms with Gasteiger partial charge in [0.15, 0.2) is 0 Å². The van der Waals surface area contributed by atoms with Crippen molar-refractivity contribution >= 4 is 5.91 Å². The van der Waals surface area contributed by atoms with E-state index in [0.29, 0.717) is 19.6 Å². The first-order valence-corrected chi connectivity index (χ1v) is 9.33. The second-order valence-corrected chi connectivity index (χ2v) is 6.70. The molecule has 26 heavy (non-hydrogen) atoms. The van der Waals surface area contributed by atoms with Gasteiger partial charge in [-0.15, -0.1) is 0 Å². The summed E-state index contributed by atoms with van der Waals surface area (Å²) < 4.78 is 7.58. The number of rotatable bonds is 8. The Bertz CT molecular complexity index is 743. The van der Waals surface area contributed by atoms with Gasteiger partial charge in [-0.1, -0.05) is 12.1 Å². The van der Waals surface area contributed by atoms with Crippen LogP contribution in [0.25, 0.3) is 0 Å². The highest BCUT2D eigenvalue weighted by Gasteiger charge is 2.41. The minimum absolute atomic E-state index is 0.0368. The summed E-state index contributed by atoms with van der Waals surface area (Å²) in [5, 5.41) is 3.52. The van der Waals surface area contributed by atoms with Crippen molar-refractivity contribution in [2.75, 3.05) is 19.7 Å². The first kappa shape index (κ1) is 18.5. The number of imidazole rings is 1. The molecule has 1 amide bonds. The summed E-state index contributed by atoms with van der Waals surface area (Å²) in [6.07, 6.45) is 4.31. The number of carbonyl (C=O) groups excluding carboxylic acids is 1. The predicted molar refractivity (Wildman–Crippen MR) is 101 cm³/mol. The van der Waals surface area contributed by atoms with Gasteiger partial charge in [-0.25, -0.2) is 4.98 Å². The molecule has 1 aliphatic rings. The molecule has 0 spiro atoms. The molecule has 1 fully saturated rings. The normalized spacial score (nSPS) is 20.0. The van der Waals surface area contributed by atoms with Crippen molar-refractivity contribution in [3.05, 3.63) is 48.0 Å². The molecule has 0 aliphatic carbocycles. The molecule has 0 radical (unpaired) electrons. The van der Waals surface area contributed by atoms with Crippen LogP contribution in [0.2, 0.25) is 0 Å². The number of amides is 1. The quantitative estimate of drug-likeness (QED) is 0.790. The van der Waals surface area contributed by atoms with E-state index in [9.17, 15) is 4.79 Å². The Balaban J connectivity index is 1.65. The van der Waals surface area contributed by atoms with E-state index in [-0.39, 0.29) is 17.9 Å². The number of benzene rings is 1. The molecular weight excluding hydrogens is 328 g/mol. The van der Waals surface area contributed by atoms with Crippen molar-refractivity contribution in [1.82, 2.24) is 19.8 Å². The van der Waals surface area contributed by atoms with Crippen molar-refractivity contribution in [2.24, 2.45) is 13.0 Å². The Kier molecular flexibility index (Phi) is 5.93. The predicted octanol–water partition coefficient (Wildman–Crippen LogP) is 2.52. The third-order valence-electron chi connectivity index (χ3n) is 4.95. The van der Waals surface area contributed by atoms with Crippen molar-refractivity contribution in [3.63, 3.8) is 0 Å². The second-order valence-electron chi connectivity index (χ2n) is 6.70. The number of nitrogens with one attached hydrogen (secondary N) is 1. The van der Waals surface area contributed by atoms with Gasteiger partial charge < -0.3 is 19.5 Å². The summed E-state index contributed by atoms with van der Waals surface area (Å²) in [5.74, 6) is 2.29. The average Bonchev–Trinajstić information content (AvgIpc) is 3.17. The van der Waals surface area contributed by atoms with Crippen LogP contribution >= 0.6 is 0 Å². The van der Waals surface area contributed by atoms with Crippen LogP contribution in [-0.2, 0) is 18.4 Å². The van der Waals surface area contributed by atoms with E-state index in [1.165, 1.54) is 5.56 Å². The Hall–Kier alpha value is -2.34. The minimum atomic E-state index is 0.0368. The number of carbonyl (C=O) groups is 1. The number of aromatic nitrogens is 2. The molecular formula is C20H28N4O2. The first-order valence-electron chi connectivity index (χ1n) is 9.33. The molecule has 3 rings (SSSR count). The maximum Gasteiger partial charge on any atom is 0.223 e. The lowest BCUT2D eigenvalue weighted by Crippen LogP contribution is -2.33. The van der Waals surface area contributed by atoms with E-state index in [0.717, 1.165) is 24.7 Å². The van der Waals surface area contributed by atoms with Crippen LogP contribution in [0.1, 0.15) is 37.7 Å². The lowest BCUT2D eigenvalue weighted by molar-refractivity contribution is -0.128. The van der Waals surface area contributed by atoms with Gasteiger partial charge >= 0.3 is 0 Å². The van der Waals surface area contributed by atoms with Gasteiger partial charge in [0.1, 0.15) is 11.6 Å². The largest absolute Gasteiger partial charge is 0.494 e. The first-order chi connectivity index (χ1) is 12.6. The SMILES string of the molecule is CCOc1cccc(CNC[C@@H]2CC(=O)N(CC)[C@H]2c2nccn2C)c1. The fraction of sp³-hybridized carbons (Fsp3) is 0.500. The highest BCUT2D eigenvalue weighted by molar-refractivity contribution is 5.79. The number of nitrogens with zero attached hydrogens (tertiary/aromatic N) is 3. The van der Waals surface area contributed by atoms with E-state index in [1.54, 1.807) is 6.20 Å². The summed E-state index contributed by atoms with van der Waals surface area (Å²) in [6, 6.07) is 8.17. The number of hydrogen-bond donors (Lipinski definition) is 1. The zero-order valence-corrected chi connectivity index (χ0v) is 15.8. The van der Waals surface area contributed by atoms with E-state index in [4.69, 9.17) is 4.74 Å². The number of ether oxygens (including phenoxy) is 1. The molecule has 2 heterocycles. The molecule has 2 atom stereocenters. The lowest BCUT2D eigenvalue weighted by Gasteiger charge is -2.27. The summed E-state index contributed by atoms with van der Waals surface area (Å²) in [4.78, 5) is 18.9. The van der Waals surface area contributed by atoms with Gasteiger partial charge in [0.2, 0.25) is 5.91 Å². The molecule has 0 unspecified atom stereocenters. The van der Waals surface area contributed by atoms with Crippen molar-refractivity contribution < 1.29 is 9.53 Å². The third kappa shape index (κ3) is 3.90. The molecule has 1 saturated heterocycles. The van der Waals surface area contributed by atoms with E-state index in [2.05, 4.69) is 22.4 Å². The van der Waals surface area contributed by atoms with E-state index < -0.39 is 0 Å². The molecule has 140 valence electrons. The maximum absolute atomic E-state index is 12.4. The Morgan fingerprint density at radius 3 is 2.88 bits per heavy atom. The summed E-state index contributed by atoms with van der Waals surface area (Å²) in [7, 11) is 1.99. The fourth-order valence-corrected chi connectivity index (χ4v) is 3.75. The second kappa shape index (κ2) is 8.36. The molecule has 1 N–H and O–H groups in total. The molecule has 1 aromatic carbocycles. The summed E-state index contributed by atoms with van der Waals surface area (Å²) >= 11 is 0. The Labute approximate surface area is 155 Å². The van der Waals surface area contributed by atoms with Gasteiger partial charge in [-0.05, 0) is 31.5 Å². The van der Waals surface area contributed by atoms with Gasteiger partial charge in [-0.2, -0.15) is 0 Å². The molecule has 1 aromatic heterocycles. The molecule has 6 nitrogen and oxygen atoms in total. The Morgan fingerprint density at radius 2 is 2.19 bits per heavy atom. The highest BCUT2D eigenvalue weighted by Crippen LogP contribution is 2.36. The number of likely N-dealkylation sites (tertiary alicyclic amines) is 1. The molecule has 2 aromatic rings. The van der Waals surface area contributed by atoms with Crippen LogP contribution in [0.3, 0.4) is 0 Å². The van der Waals surface area contributed by atoms with Crippen LogP contribution in [0.15, 0.2) is 36.7 Å². The average molecular weight is 356 g/mol. The van der Waals surface area contributed by atoms with Crippen molar-refractivity contribution in [3.8, 4) is 5.75 Å². The van der Waals surface area contributed by atoms with Crippen molar-refractivity contribution in [1.29, 1.82) is 0 Å². The molecule has 6 heteroatoms. The van der Waals surface area contributed by atoms with Gasteiger partial charge in [0, 0.05) is 51.4 Å². The fourth-order valence-electron chi connectivity index (χ4n) is 3.75. The summed E-state index contributed by atoms with van der Waals surface area (Å²) in [5.41, 5.74) is 1.18. The number of aryl methyl sites for hydroxylation is 1. The van der Waals surface area contributed by atoms with Crippen LogP contribution < -0.4 is 10.1 Å². The third-order valence-corrected chi connectivity index (χ3v) is 4.95. The monoisotopic (exact) mass is 356 g/mol. The minimum Gasteiger partial charge on any atom is -0.494 e. The van der Waals surface area contributed by atoms with E-state index >= 15 is 0 Å². The van der Waals surface area contributed by atoms with Gasteiger partial charge in [0.05, 0.1) is 12.6 Å². The molecule has 1 aliphatic heterocycles. The molecule has 0 bridgehead atoms. The number of hydrogen-bond acceptors (Lipinski definition) is 4. The Morgan fingerprint density at radius 1 is 1.35 bits per heavy atom. The van der Waals surface area contributed by atoms with Crippen LogP contribution in [0, 0.1) is 5.92 Å². The smallest absolute Gasteiger partial charge is 0.223 e.